The minimum Gasteiger partial charge on any atom is -0.497 e. The van der Waals surface area contributed by atoms with Gasteiger partial charge in [0.15, 0.2) is 0 Å². The van der Waals surface area contributed by atoms with E-state index in [4.69, 9.17) is 15.2 Å². The Balaban J connectivity index is 2.57. The van der Waals surface area contributed by atoms with E-state index in [-0.39, 0.29) is 6.04 Å². The van der Waals surface area contributed by atoms with Crippen LogP contribution in [0.4, 0.5) is 0 Å². The third kappa shape index (κ3) is 1.56. The van der Waals surface area contributed by atoms with Crippen molar-refractivity contribution < 1.29 is 14.6 Å². The van der Waals surface area contributed by atoms with E-state index >= 15 is 0 Å². The van der Waals surface area contributed by atoms with Crippen LogP contribution in [0, 0.1) is 0 Å². The largest absolute Gasteiger partial charge is 0.497 e. The molecule has 2 atom stereocenters. The van der Waals surface area contributed by atoms with Crippen molar-refractivity contribution in [1.82, 2.24) is 0 Å². The molecule has 0 amide bonds. The number of methoxy groups -OCH3 is 2. The van der Waals surface area contributed by atoms with Gasteiger partial charge in [0, 0.05) is 17.7 Å². The standard InChI is InChI=1S/C11H15NO3/c1-14-6-3-7-9(13)5-8(12)11(7)10(4-6)15-2/h3-4,8-9,13H,5,12H2,1-2H3. The molecule has 1 aromatic rings. The highest BCUT2D eigenvalue weighted by molar-refractivity contribution is 5.51. The summed E-state index contributed by atoms with van der Waals surface area (Å²) in [5, 5.41) is 9.80. The molecule has 82 valence electrons. The van der Waals surface area contributed by atoms with Gasteiger partial charge in [-0.25, -0.2) is 0 Å². The molecule has 0 fully saturated rings. The molecule has 3 N–H and O–H groups in total. The molecule has 4 nitrogen and oxygen atoms in total. The van der Waals surface area contributed by atoms with Crippen molar-refractivity contribution in [2.24, 2.45) is 5.73 Å². The summed E-state index contributed by atoms with van der Waals surface area (Å²) in [6.45, 7) is 0. The third-order valence-electron chi connectivity index (χ3n) is 2.81. The van der Waals surface area contributed by atoms with E-state index in [9.17, 15) is 5.11 Å². The van der Waals surface area contributed by atoms with Gasteiger partial charge in [0.2, 0.25) is 0 Å². The molecular formula is C11H15NO3. The number of nitrogens with two attached hydrogens (primary N) is 1. The van der Waals surface area contributed by atoms with Crippen molar-refractivity contribution in [3.05, 3.63) is 23.3 Å². The van der Waals surface area contributed by atoms with Crippen LogP contribution in [0.2, 0.25) is 0 Å². The molecule has 1 aliphatic rings. The number of hydrogen-bond donors (Lipinski definition) is 2. The van der Waals surface area contributed by atoms with Crippen LogP contribution in [0.3, 0.4) is 0 Å². The minimum atomic E-state index is -0.515. The Morgan fingerprint density at radius 3 is 2.67 bits per heavy atom. The zero-order chi connectivity index (χ0) is 11.0. The van der Waals surface area contributed by atoms with E-state index in [0.29, 0.717) is 17.9 Å². The van der Waals surface area contributed by atoms with Crippen molar-refractivity contribution in [3.8, 4) is 11.5 Å². The van der Waals surface area contributed by atoms with Gasteiger partial charge in [0.1, 0.15) is 11.5 Å². The predicted octanol–water partition coefficient (Wildman–Crippen LogP) is 1.14. The zero-order valence-corrected chi connectivity index (χ0v) is 8.86. The molecule has 0 saturated heterocycles. The Hall–Kier alpha value is -1.26. The number of benzene rings is 1. The summed E-state index contributed by atoms with van der Waals surface area (Å²) >= 11 is 0. The lowest BCUT2D eigenvalue weighted by Gasteiger charge is -2.12. The molecule has 0 bridgehead atoms. The molecule has 0 heterocycles. The van der Waals surface area contributed by atoms with E-state index < -0.39 is 6.10 Å². The Kier molecular flexibility index (Phi) is 2.54. The maximum atomic E-state index is 9.80. The van der Waals surface area contributed by atoms with Crippen LogP contribution in [0.5, 0.6) is 11.5 Å². The Morgan fingerprint density at radius 2 is 2.07 bits per heavy atom. The SMILES string of the molecule is COc1cc(OC)c2c(c1)C(O)CC2N. The summed E-state index contributed by atoms with van der Waals surface area (Å²) in [4.78, 5) is 0. The lowest BCUT2D eigenvalue weighted by Crippen LogP contribution is -2.07. The zero-order valence-electron chi connectivity index (χ0n) is 8.86. The van der Waals surface area contributed by atoms with Gasteiger partial charge in [0.05, 0.1) is 20.3 Å². The summed E-state index contributed by atoms with van der Waals surface area (Å²) in [7, 11) is 3.18. The monoisotopic (exact) mass is 209 g/mol. The maximum absolute atomic E-state index is 9.80. The molecule has 2 rings (SSSR count). The Bertz CT molecular complexity index is 378. The molecule has 0 aromatic heterocycles. The van der Waals surface area contributed by atoms with E-state index in [1.807, 2.05) is 6.07 Å². The second-order valence-corrected chi connectivity index (χ2v) is 3.69. The molecule has 0 saturated carbocycles. The summed E-state index contributed by atoms with van der Waals surface area (Å²) in [6.07, 6.45) is 0.0257. The van der Waals surface area contributed by atoms with E-state index in [1.165, 1.54) is 0 Å². The Morgan fingerprint density at radius 1 is 1.33 bits per heavy atom. The van der Waals surface area contributed by atoms with Crippen LogP contribution < -0.4 is 15.2 Å². The first-order chi connectivity index (χ1) is 7.17. The number of aliphatic hydroxyl groups is 1. The van der Waals surface area contributed by atoms with Crippen LogP contribution in [0.15, 0.2) is 12.1 Å². The van der Waals surface area contributed by atoms with Crippen molar-refractivity contribution in [3.63, 3.8) is 0 Å². The highest BCUT2D eigenvalue weighted by Crippen LogP contribution is 2.44. The van der Waals surface area contributed by atoms with Crippen LogP contribution in [-0.2, 0) is 0 Å². The van der Waals surface area contributed by atoms with Crippen molar-refractivity contribution in [1.29, 1.82) is 0 Å². The number of aliphatic hydroxyl groups excluding tert-OH is 1. The van der Waals surface area contributed by atoms with Gasteiger partial charge in [-0.1, -0.05) is 0 Å². The first-order valence-electron chi connectivity index (χ1n) is 4.86. The van der Waals surface area contributed by atoms with E-state index in [1.54, 1.807) is 20.3 Å². The van der Waals surface area contributed by atoms with Gasteiger partial charge in [-0.3, -0.25) is 0 Å². The third-order valence-corrected chi connectivity index (χ3v) is 2.81. The Labute approximate surface area is 88.6 Å². The highest BCUT2D eigenvalue weighted by Gasteiger charge is 2.31. The molecule has 15 heavy (non-hydrogen) atoms. The fourth-order valence-electron chi connectivity index (χ4n) is 2.07. The van der Waals surface area contributed by atoms with Gasteiger partial charge in [-0.2, -0.15) is 0 Å². The number of rotatable bonds is 2. The highest BCUT2D eigenvalue weighted by atomic mass is 16.5. The number of ether oxygens (including phenoxy) is 2. The van der Waals surface area contributed by atoms with E-state index in [2.05, 4.69) is 0 Å². The fourth-order valence-corrected chi connectivity index (χ4v) is 2.07. The molecule has 1 aliphatic carbocycles. The average molecular weight is 209 g/mol. The maximum Gasteiger partial charge on any atom is 0.127 e. The normalized spacial score (nSPS) is 23.7. The van der Waals surface area contributed by atoms with Crippen LogP contribution in [0.1, 0.15) is 29.7 Å². The van der Waals surface area contributed by atoms with Gasteiger partial charge in [-0.05, 0) is 18.1 Å². The first kappa shape index (κ1) is 10.3. The topological polar surface area (TPSA) is 64.7 Å². The van der Waals surface area contributed by atoms with Gasteiger partial charge in [0.25, 0.3) is 0 Å². The summed E-state index contributed by atoms with van der Waals surface area (Å²) in [5.41, 5.74) is 7.64. The number of fused-ring (bicyclic) bond motifs is 1. The van der Waals surface area contributed by atoms with Crippen molar-refractivity contribution in [2.45, 2.75) is 18.6 Å². The molecular weight excluding hydrogens is 194 g/mol. The summed E-state index contributed by atoms with van der Waals surface area (Å²) < 4.78 is 10.4. The van der Waals surface area contributed by atoms with Gasteiger partial charge < -0.3 is 20.3 Å². The minimum absolute atomic E-state index is 0.157. The van der Waals surface area contributed by atoms with Gasteiger partial charge in [-0.15, -0.1) is 0 Å². The van der Waals surface area contributed by atoms with Crippen LogP contribution in [-0.4, -0.2) is 19.3 Å². The molecule has 0 spiro atoms. The number of hydrogen-bond acceptors (Lipinski definition) is 4. The first-order valence-corrected chi connectivity index (χ1v) is 4.86. The lowest BCUT2D eigenvalue weighted by atomic mass is 10.1. The second kappa shape index (κ2) is 3.72. The lowest BCUT2D eigenvalue weighted by molar-refractivity contribution is 0.173. The molecule has 0 aliphatic heterocycles. The molecule has 1 aromatic carbocycles. The molecule has 4 heteroatoms. The van der Waals surface area contributed by atoms with Crippen LogP contribution >= 0.6 is 0 Å². The molecule has 0 radical (unpaired) electrons. The molecule has 2 unspecified atom stereocenters. The average Bonchev–Trinajstić information content (AvgIpc) is 2.53. The van der Waals surface area contributed by atoms with E-state index in [0.717, 1.165) is 11.1 Å². The van der Waals surface area contributed by atoms with Crippen molar-refractivity contribution >= 4 is 0 Å². The smallest absolute Gasteiger partial charge is 0.127 e. The second-order valence-electron chi connectivity index (χ2n) is 3.69. The quantitative estimate of drug-likeness (QED) is 0.766. The summed E-state index contributed by atoms with van der Waals surface area (Å²) in [6, 6.07) is 3.45. The summed E-state index contributed by atoms with van der Waals surface area (Å²) in [5.74, 6) is 1.37. The van der Waals surface area contributed by atoms with Gasteiger partial charge >= 0.3 is 0 Å². The van der Waals surface area contributed by atoms with Crippen molar-refractivity contribution in [2.75, 3.05) is 14.2 Å². The van der Waals surface area contributed by atoms with Crippen LogP contribution in [0.25, 0.3) is 0 Å². The predicted molar refractivity (Wildman–Crippen MR) is 56.1 cm³/mol. The fraction of sp³-hybridized carbons (Fsp3) is 0.455.